The molecule has 3 heteroatoms. The Morgan fingerprint density at radius 3 is 2.80 bits per heavy atom. The Labute approximate surface area is 122 Å². The maximum atomic E-state index is 13.8. The average Bonchev–Trinajstić information content (AvgIpc) is 2.63. The van der Waals surface area contributed by atoms with Crippen LogP contribution in [0.2, 0.25) is 0 Å². The molecule has 0 N–H and O–H groups in total. The van der Waals surface area contributed by atoms with Crippen LogP contribution in [0.4, 0.5) is 4.39 Å². The predicted molar refractivity (Wildman–Crippen MR) is 79.3 cm³/mol. The van der Waals surface area contributed by atoms with Crippen LogP contribution in [0.25, 0.3) is 0 Å². The summed E-state index contributed by atoms with van der Waals surface area (Å²) >= 11 is 1.69. The van der Waals surface area contributed by atoms with Crippen molar-refractivity contribution in [2.24, 2.45) is 0 Å². The Balaban J connectivity index is 2.25. The number of nitriles is 1. The van der Waals surface area contributed by atoms with Crippen molar-refractivity contribution < 1.29 is 4.39 Å². The zero-order valence-electron chi connectivity index (χ0n) is 11.2. The van der Waals surface area contributed by atoms with Crippen molar-refractivity contribution in [2.75, 3.05) is 0 Å². The average molecular weight is 283 g/mol. The lowest BCUT2D eigenvalue weighted by Crippen LogP contribution is -2.05. The molecular weight excluding hydrogens is 269 g/mol. The number of hydrogen-bond donors (Lipinski definition) is 0. The zero-order valence-corrected chi connectivity index (χ0v) is 12.0. The SMILES string of the molecule is CCC1c2ccccc2SCc2c1ccc(F)c2C#N. The molecule has 2 aromatic rings. The summed E-state index contributed by atoms with van der Waals surface area (Å²) in [4.78, 5) is 1.24. The number of halogens is 1. The molecule has 0 aliphatic carbocycles. The largest absolute Gasteiger partial charge is 0.206 e. The molecule has 1 atom stereocenters. The van der Waals surface area contributed by atoms with E-state index in [9.17, 15) is 9.65 Å². The molecule has 0 spiro atoms. The fourth-order valence-electron chi connectivity index (χ4n) is 2.90. The van der Waals surface area contributed by atoms with Crippen LogP contribution >= 0.6 is 11.8 Å². The van der Waals surface area contributed by atoms with E-state index in [1.54, 1.807) is 11.8 Å². The molecule has 0 saturated heterocycles. The van der Waals surface area contributed by atoms with E-state index in [1.807, 2.05) is 24.3 Å². The van der Waals surface area contributed by atoms with Gasteiger partial charge in [0.1, 0.15) is 11.9 Å². The lowest BCUT2D eigenvalue weighted by molar-refractivity contribution is 0.619. The van der Waals surface area contributed by atoms with Crippen molar-refractivity contribution in [2.45, 2.75) is 29.9 Å². The molecule has 0 saturated carbocycles. The highest BCUT2D eigenvalue weighted by molar-refractivity contribution is 7.98. The third-order valence-electron chi connectivity index (χ3n) is 3.86. The highest BCUT2D eigenvalue weighted by Crippen LogP contribution is 2.43. The molecule has 3 rings (SSSR count). The van der Waals surface area contributed by atoms with Gasteiger partial charge in [-0.3, -0.25) is 0 Å². The van der Waals surface area contributed by atoms with E-state index in [4.69, 9.17) is 0 Å². The third-order valence-corrected chi connectivity index (χ3v) is 4.98. The van der Waals surface area contributed by atoms with Crippen molar-refractivity contribution >= 4 is 11.8 Å². The summed E-state index contributed by atoms with van der Waals surface area (Å²) < 4.78 is 13.8. The molecule has 1 aliphatic rings. The van der Waals surface area contributed by atoms with Crippen molar-refractivity contribution in [3.05, 3.63) is 64.5 Å². The van der Waals surface area contributed by atoms with Crippen LogP contribution in [-0.4, -0.2) is 0 Å². The molecule has 0 aromatic heterocycles. The minimum Gasteiger partial charge on any atom is -0.206 e. The lowest BCUT2D eigenvalue weighted by atomic mass is 9.85. The van der Waals surface area contributed by atoms with Gasteiger partial charge in [0.05, 0.1) is 5.56 Å². The van der Waals surface area contributed by atoms with Crippen LogP contribution < -0.4 is 0 Å². The van der Waals surface area contributed by atoms with E-state index in [0.29, 0.717) is 5.75 Å². The molecule has 2 aromatic carbocycles. The summed E-state index contributed by atoms with van der Waals surface area (Å²) in [6.07, 6.45) is 0.946. The van der Waals surface area contributed by atoms with Gasteiger partial charge < -0.3 is 0 Å². The van der Waals surface area contributed by atoms with E-state index in [0.717, 1.165) is 17.5 Å². The quantitative estimate of drug-likeness (QED) is 0.747. The van der Waals surface area contributed by atoms with Gasteiger partial charge in [0.2, 0.25) is 0 Å². The monoisotopic (exact) mass is 283 g/mol. The molecule has 0 fully saturated rings. The second kappa shape index (κ2) is 5.30. The van der Waals surface area contributed by atoms with E-state index in [1.165, 1.54) is 16.5 Å². The summed E-state index contributed by atoms with van der Waals surface area (Å²) in [6.45, 7) is 2.14. The predicted octanol–water partition coefficient (Wildman–Crippen LogP) is 4.84. The Morgan fingerprint density at radius 2 is 2.05 bits per heavy atom. The molecule has 1 unspecified atom stereocenters. The van der Waals surface area contributed by atoms with Crippen molar-refractivity contribution in [3.63, 3.8) is 0 Å². The van der Waals surface area contributed by atoms with Crippen LogP contribution in [0, 0.1) is 17.1 Å². The minimum atomic E-state index is -0.410. The van der Waals surface area contributed by atoms with Crippen LogP contribution in [0.3, 0.4) is 0 Å². The second-order valence-electron chi connectivity index (χ2n) is 4.89. The fraction of sp³-hybridized carbons (Fsp3) is 0.235. The van der Waals surface area contributed by atoms with E-state index in [-0.39, 0.29) is 11.5 Å². The first-order valence-electron chi connectivity index (χ1n) is 6.69. The normalized spacial score (nSPS) is 16.8. The van der Waals surface area contributed by atoms with Gasteiger partial charge in [0, 0.05) is 16.6 Å². The van der Waals surface area contributed by atoms with Crippen molar-refractivity contribution in [3.8, 4) is 6.07 Å². The van der Waals surface area contributed by atoms with Crippen LogP contribution in [-0.2, 0) is 5.75 Å². The summed E-state index contributed by atoms with van der Waals surface area (Å²) in [5.74, 6) is 0.486. The molecule has 100 valence electrons. The summed E-state index contributed by atoms with van der Waals surface area (Å²) in [5, 5.41) is 9.24. The minimum absolute atomic E-state index is 0.209. The summed E-state index contributed by atoms with van der Waals surface area (Å²) in [6, 6.07) is 13.6. The van der Waals surface area contributed by atoms with Gasteiger partial charge in [0.25, 0.3) is 0 Å². The number of thioether (sulfide) groups is 1. The summed E-state index contributed by atoms with van der Waals surface area (Å²) in [7, 11) is 0. The zero-order chi connectivity index (χ0) is 14.1. The molecular formula is C17H14FNS. The maximum Gasteiger partial charge on any atom is 0.141 e. The second-order valence-corrected chi connectivity index (χ2v) is 5.91. The first kappa shape index (κ1) is 13.2. The molecule has 1 heterocycles. The van der Waals surface area contributed by atoms with Crippen LogP contribution in [0.1, 0.15) is 41.5 Å². The number of hydrogen-bond acceptors (Lipinski definition) is 2. The van der Waals surface area contributed by atoms with Gasteiger partial charge in [-0.1, -0.05) is 31.2 Å². The highest BCUT2D eigenvalue weighted by atomic mass is 32.2. The Morgan fingerprint density at radius 1 is 1.25 bits per heavy atom. The smallest absolute Gasteiger partial charge is 0.141 e. The van der Waals surface area contributed by atoms with Gasteiger partial charge in [-0.15, -0.1) is 11.8 Å². The Hall–Kier alpha value is -1.79. The van der Waals surface area contributed by atoms with Crippen LogP contribution in [0.15, 0.2) is 41.3 Å². The lowest BCUT2D eigenvalue weighted by Gasteiger charge is -2.18. The number of rotatable bonds is 1. The van der Waals surface area contributed by atoms with Crippen molar-refractivity contribution in [1.82, 2.24) is 0 Å². The van der Waals surface area contributed by atoms with Gasteiger partial charge in [-0.2, -0.15) is 5.26 Å². The van der Waals surface area contributed by atoms with E-state index in [2.05, 4.69) is 19.1 Å². The molecule has 0 radical (unpaired) electrons. The number of benzene rings is 2. The molecule has 0 bridgehead atoms. The molecule has 0 amide bonds. The Kier molecular flexibility index (Phi) is 3.50. The topological polar surface area (TPSA) is 23.8 Å². The van der Waals surface area contributed by atoms with E-state index >= 15 is 0 Å². The van der Waals surface area contributed by atoms with Gasteiger partial charge in [0.15, 0.2) is 0 Å². The molecule has 1 aliphatic heterocycles. The first-order chi connectivity index (χ1) is 9.76. The standard InChI is InChI=1S/C17H14FNS/c1-2-11-12-7-8-16(18)14(9-19)15(12)10-20-17-6-4-3-5-13(11)17/h3-8,11H,2,10H2,1H3. The van der Waals surface area contributed by atoms with Gasteiger partial charge in [-0.25, -0.2) is 4.39 Å². The first-order valence-corrected chi connectivity index (χ1v) is 7.68. The molecule has 20 heavy (non-hydrogen) atoms. The number of fused-ring (bicyclic) bond motifs is 2. The van der Waals surface area contributed by atoms with Crippen molar-refractivity contribution in [1.29, 1.82) is 5.26 Å². The van der Waals surface area contributed by atoms with E-state index < -0.39 is 5.82 Å². The third kappa shape index (κ3) is 2.01. The Bertz CT molecular complexity index is 703. The van der Waals surface area contributed by atoms with Crippen LogP contribution in [0.5, 0.6) is 0 Å². The number of nitrogens with zero attached hydrogens (tertiary/aromatic N) is 1. The fourth-order valence-corrected chi connectivity index (χ4v) is 4.06. The van der Waals surface area contributed by atoms with Gasteiger partial charge in [-0.05, 0) is 35.2 Å². The van der Waals surface area contributed by atoms with Gasteiger partial charge >= 0.3 is 0 Å². The molecule has 1 nitrogen and oxygen atoms in total. The summed E-state index contributed by atoms with van der Waals surface area (Å²) in [5.41, 5.74) is 3.46. The maximum absolute atomic E-state index is 13.8. The highest BCUT2D eigenvalue weighted by Gasteiger charge is 2.25.